The van der Waals surface area contributed by atoms with Gasteiger partial charge in [0.05, 0.1) is 18.2 Å². The highest BCUT2D eigenvalue weighted by molar-refractivity contribution is 5.33. The number of nitriles is 1. The Kier molecular flexibility index (Phi) is 4.08. The van der Waals surface area contributed by atoms with E-state index in [1.165, 1.54) is 12.1 Å². The third-order valence-electron chi connectivity index (χ3n) is 2.88. The van der Waals surface area contributed by atoms with Crippen LogP contribution in [0.5, 0.6) is 0 Å². The summed E-state index contributed by atoms with van der Waals surface area (Å²) in [5.74, 6) is -0.242. The standard InChI is InChI=1S/C13H15FN2O/c14-13-3-2-11(9-15)8-12(13)10-16-4-1-6-17-7-5-16/h2-3,8H,1,4-7,10H2. The maximum Gasteiger partial charge on any atom is 0.127 e. The Morgan fingerprint density at radius 1 is 1.35 bits per heavy atom. The number of nitrogens with zero attached hydrogens (tertiary/aromatic N) is 2. The van der Waals surface area contributed by atoms with Gasteiger partial charge >= 0.3 is 0 Å². The smallest absolute Gasteiger partial charge is 0.127 e. The first-order valence-corrected chi connectivity index (χ1v) is 5.78. The topological polar surface area (TPSA) is 36.3 Å². The normalized spacial score (nSPS) is 17.4. The third kappa shape index (κ3) is 3.26. The van der Waals surface area contributed by atoms with Crippen molar-refractivity contribution in [1.82, 2.24) is 4.90 Å². The number of hydrogen-bond acceptors (Lipinski definition) is 3. The summed E-state index contributed by atoms with van der Waals surface area (Å²) in [6.07, 6.45) is 0.972. The van der Waals surface area contributed by atoms with Crippen LogP contribution in [0.1, 0.15) is 17.5 Å². The van der Waals surface area contributed by atoms with E-state index >= 15 is 0 Å². The number of halogens is 1. The van der Waals surface area contributed by atoms with Crippen LogP contribution in [0.25, 0.3) is 0 Å². The van der Waals surface area contributed by atoms with Crippen molar-refractivity contribution in [3.63, 3.8) is 0 Å². The lowest BCUT2D eigenvalue weighted by Crippen LogP contribution is -2.26. The predicted molar refractivity (Wildman–Crippen MR) is 61.8 cm³/mol. The molecule has 0 aromatic heterocycles. The van der Waals surface area contributed by atoms with E-state index in [-0.39, 0.29) is 5.82 Å². The molecule has 0 radical (unpaired) electrons. The molecule has 0 bridgehead atoms. The zero-order valence-electron chi connectivity index (χ0n) is 9.66. The quantitative estimate of drug-likeness (QED) is 0.784. The minimum Gasteiger partial charge on any atom is -0.380 e. The molecule has 0 unspecified atom stereocenters. The number of rotatable bonds is 2. The molecule has 1 aliphatic rings. The fourth-order valence-corrected chi connectivity index (χ4v) is 1.96. The van der Waals surface area contributed by atoms with Crippen molar-refractivity contribution in [2.24, 2.45) is 0 Å². The van der Waals surface area contributed by atoms with Gasteiger partial charge in [0.15, 0.2) is 0 Å². The molecule has 90 valence electrons. The van der Waals surface area contributed by atoms with Crippen molar-refractivity contribution in [3.05, 3.63) is 35.1 Å². The molecule has 1 fully saturated rings. The van der Waals surface area contributed by atoms with Crippen LogP contribution in [0.4, 0.5) is 4.39 Å². The Hall–Kier alpha value is -1.44. The van der Waals surface area contributed by atoms with E-state index in [9.17, 15) is 4.39 Å². The second kappa shape index (κ2) is 5.76. The van der Waals surface area contributed by atoms with E-state index in [0.717, 1.165) is 26.1 Å². The Bertz CT molecular complexity index is 420. The lowest BCUT2D eigenvalue weighted by Gasteiger charge is -2.19. The second-order valence-electron chi connectivity index (χ2n) is 4.16. The highest BCUT2D eigenvalue weighted by Crippen LogP contribution is 2.13. The maximum atomic E-state index is 13.6. The van der Waals surface area contributed by atoms with Gasteiger partial charge in [-0.05, 0) is 24.6 Å². The van der Waals surface area contributed by atoms with Gasteiger partial charge in [-0.15, -0.1) is 0 Å². The Labute approximate surface area is 100 Å². The molecule has 1 aliphatic heterocycles. The van der Waals surface area contributed by atoms with E-state index in [1.54, 1.807) is 6.07 Å². The van der Waals surface area contributed by atoms with E-state index in [2.05, 4.69) is 4.90 Å². The molecule has 0 saturated carbocycles. The number of ether oxygens (including phenoxy) is 1. The van der Waals surface area contributed by atoms with Gasteiger partial charge in [-0.25, -0.2) is 4.39 Å². The van der Waals surface area contributed by atoms with Crippen LogP contribution in [0.2, 0.25) is 0 Å². The van der Waals surface area contributed by atoms with Crippen molar-refractivity contribution in [1.29, 1.82) is 5.26 Å². The molecule has 2 rings (SSSR count). The molecule has 1 aromatic rings. The molecule has 0 N–H and O–H groups in total. The molecular weight excluding hydrogens is 219 g/mol. The van der Waals surface area contributed by atoms with Crippen LogP contribution >= 0.6 is 0 Å². The molecule has 1 heterocycles. The number of benzene rings is 1. The van der Waals surface area contributed by atoms with Gasteiger partial charge in [0.2, 0.25) is 0 Å². The van der Waals surface area contributed by atoms with Gasteiger partial charge in [-0.1, -0.05) is 0 Å². The molecular formula is C13H15FN2O. The van der Waals surface area contributed by atoms with Crippen molar-refractivity contribution < 1.29 is 9.13 Å². The summed E-state index contributed by atoms with van der Waals surface area (Å²) in [6.45, 7) is 3.74. The van der Waals surface area contributed by atoms with Crippen LogP contribution in [-0.4, -0.2) is 31.2 Å². The maximum absolute atomic E-state index is 13.6. The fraction of sp³-hybridized carbons (Fsp3) is 0.462. The van der Waals surface area contributed by atoms with Crippen LogP contribution in [-0.2, 0) is 11.3 Å². The van der Waals surface area contributed by atoms with E-state index in [4.69, 9.17) is 10.00 Å². The van der Waals surface area contributed by atoms with Crippen LogP contribution in [0.3, 0.4) is 0 Å². The minimum absolute atomic E-state index is 0.242. The highest BCUT2D eigenvalue weighted by Gasteiger charge is 2.12. The van der Waals surface area contributed by atoms with Gasteiger partial charge in [0.25, 0.3) is 0 Å². The minimum atomic E-state index is -0.242. The Morgan fingerprint density at radius 2 is 2.24 bits per heavy atom. The summed E-state index contributed by atoms with van der Waals surface area (Å²) < 4.78 is 18.9. The average molecular weight is 234 g/mol. The summed E-state index contributed by atoms with van der Waals surface area (Å²) in [5.41, 5.74) is 1.10. The molecule has 0 amide bonds. The summed E-state index contributed by atoms with van der Waals surface area (Å²) >= 11 is 0. The van der Waals surface area contributed by atoms with Gasteiger partial charge in [-0.2, -0.15) is 5.26 Å². The molecule has 0 atom stereocenters. The SMILES string of the molecule is N#Cc1ccc(F)c(CN2CCCOCC2)c1. The van der Waals surface area contributed by atoms with E-state index < -0.39 is 0 Å². The molecule has 0 spiro atoms. The van der Waals surface area contributed by atoms with Gasteiger partial charge in [-0.3, -0.25) is 4.90 Å². The fourth-order valence-electron chi connectivity index (χ4n) is 1.96. The molecule has 4 heteroatoms. The van der Waals surface area contributed by atoms with E-state index in [0.29, 0.717) is 24.3 Å². The number of hydrogen-bond donors (Lipinski definition) is 0. The first-order valence-electron chi connectivity index (χ1n) is 5.78. The third-order valence-corrected chi connectivity index (χ3v) is 2.88. The van der Waals surface area contributed by atoms with Gasteiger partial charge in [0, 0.05) is 31.8 Å². The van der Waals surface area contributed by atoms with Crippen LogP contribution in [0, 0.1) is 17.1 Å². The summed E-state index contributed by atoms with van der Waals surface area (Å²) in [5, 5.41) is 8.80. The summed E-state index contributed by atoms with van der Waals surface area (Å²) in [6, 6.07) is 6.53. The first-order chi connectivity index (χ1) is 8.29. The predicted octanol–water partition coefficient (Wildman–Crippen LogP) is 1.92. The molecule has 0 aliphatic carbocycles. The first kappa shape index (κ1) is 12.0. The summed E-state index contributed by atoms with van der Waals surface area (Å²) in [7, 11) is 0. The van der Waals surface area contributed by atoms with Gasteiger partial charge < -0.3 is 4.74 Å². The molecule has 17 heavy (non-hydrogen) atoms. The Balaban J connectivity index is 2.09. The summed E-state index contributed by atoms with van der Waals surface area (Å²) in [4.78, 5) is 2.16. The largest absolute Gasteiger partial charge is 0.380 e. The van der Waals surface area contributed by atoms with Crippen LogP contribution in [0.15, 0.2) is 18.2 Å². The molecule has 1 saturated heterocycles. The molecule has 3 nitrogen and oxygen atoms in total. The van der Waals surface area contributed by atoms with Crippen molar-refractivity contribution in [3.8, 4) is 6.07 Å². The van der Waals surface area contributed by atoms with Crippen molar-refractivity contribution in [2.45, 2.75) is 13.0 Å². The van der Waals surface area contributed by atoms with Crippen LogP contribution < -0.4 is 0 Å². The zero-order chi connectivity index (χ0) is 12.1. The average Bonchev–Trinajstić information content (AvgIpc) is 2.60. The lowest BCUT2D eigenvalue weighted by atomic mass is 10.1. The molecule has 1 aromatic carbocycles. The monoisotopic (exact) mass is 234 g/mol. The zero-order valence-corrected chi connectivity index (χ0v) is 9.66. The Morgan fingerprint density at radius 3 is 3.06 bits per heavy atom. The second-order valence-corrected chi connectivity index (χ2v) is 4.16. The van der Waals surface area contributed by atoms with Gasteiger partial charge in [0.1, 0.15) is 5.82 Å². The lowest BCUT2D eigenvalue weighted by molar-refractivity contribution is 0.140. The van der Waals surface area contributed by atoms with Crippen molar-refractivity contribution in [2.75, 3.05) is 26.3 Å². The van der Waals surface area contributed by atoms with E-state index in [1.807, 2.05) is 6.07 Å². The highest BCUT2D eigenvalue weighted by atomic mass is 19.1. The van der Waals surface area contributed by atoms with Crippen molar-refractivity contribution >= 4 is 0 Å².